The minimum Gasteiger partial charge on any atom is -0.468 e. The summed E-state index contributed by atoms with van der Waals surface area (Å²) in [5.74, 6) is 0.484. The number of hydrogen-bond acceptors (Lipinski definition) is 6. The zero-order valence-electron chi connectivity index (χ0n) is 10.6. The number of carbonyl (C=O) groups excluding carboxylic acids is 1. The summed E-state index contributed by atoms with van der Waals surface area (Å²) in [7, 11) is 1.33. The lowest BCUT2D eigenvalue weighted by Crippen LogP contribution is -2.11. The van der Waals surface area contributed by atoms with Crippen molar-refractivity contribution in [2.24, 2.45) is 0 Å². The molecule has 0 saturated heterocycles. The average Bonchev–Trinajstić information content (AvgIpc) is 2.33. The third-order valence-electron chi connectivity index (χ3n) is 1.89. The van der Waals surface area contributed by atoms with E-state index in [2.05, 4.69) is 28.6 Å². The Balaban J connectivity index is 2.68. The standard InChI is InChI=1S/C11H16N2O3S2/c1-7(2)17-5-8-4-9(14)13-11(12-8)18-6-10(15)16-3/h4,7H,5-6H2,1-3H3,(H,12,13,14). The third-order valence-corrected chi connectivity index (χ3v) is 3.87. The van der Waals surface area contributed by atoms with Crippen molar-refractivity contribution in [3.05, 3.63) is 22.1 Å². The van der Waals surface area contributed by atoms with E-state index >= 15 is 0 Å². The summed E-state index contributed by atoms with van der Waals surface area (Å²) in [5.41, 5.74) is 0.529. The molecule has 0 aromatic carbocycles. The molecule has 0 fully saturated rings. The van der Waals surface area contributed by atoms with Crippen molar-refractivity contribution in [1.29, 1.82) is 0 Å². The molecule has 0 saturated carbocycles. The van der Waals surface area contributed by atoms with Gasteiger partial charge in [0.2, 0.25) is 0 Å². The number of methoxy groups -OCH3 is 1. The van der Waals surface area contributed by atoms with Crippen LogP contribution in [0, 0.1) is 0 Å². The highest BCUT2D eigenvalue weighted by molar-refractivity contribution is 7.99. The molecule has 1 heterocycles. The van der Waals surface area contributed by atoms with Gasteiger partial charge >= 0.3 is 5.97 Å². The van der Waals surface area contributed by atoms with Crippen molar-refractivity contribution in [3.63, 3.8) is 0 Å². The van der Waals surface area contributed by atoms with Crippen LogP contribution in [0.5, 0.6) is 0 Å². The number of hydrogen-bond donors (Lipinski definition) is 1. The van der Waals surface area contributed by atoms with Crippen LogP contribution in [-0.2, 0) is 15.3 Å². The van der Waals surface area contributed by atoms with Gasteiger partial charge in [-0.25, -0.2) is 4.98 Å². The Hall–Kier alpha value is -0.950. The van der Waals surface area contributed by atoms with Crippen molar-refractivity contribution >= 4 is 29.5 Å². The Morgan fingerprint density at radius 1 is 1.56 bits per heavy atom. The van der Waals surface area contributed by atoms with Crippen LogP contribution in [0.1, 0.15) is 19.5 Å². The first-order valence-corrected chi connectivity index (χ1v) is 7.46. The molecule has 0 spiro atoms. The highest BCUT2D eigenvalue weighted by Gasteiger charge is 2.07. The molecule has 1 N–H and O–H groups in total. The summed E-state index contributed by atoms with van der Waals surface area (Å²) in [4.78, 5) is 29.3. The number of nitrogens with one attached hydrogen (secondary N) is 1. The molecular formula is C11H16N2O3S2. The normalized spacial score (nSPS) is 10.7. The predicted molar refractivity (Wildman–Crippen MR) is 74.0 cm³/mol. The lowest BCUT2D eigenvalue weighted by molar-refractivity contribution is -0.137. The summed E-state index contributed by atoms with van der Waals surface area (Å²) in [5, 5.41) is 0.935. The summed E-state index contributed by atoms with van der Waals surface area (Å²) in [6.07, 6.45) is 0. The van der Waals surface area contributed by atoms with Gasteiger partial charge in [-0.3, -0.25) is 9.59 Å². The van der Waals surface area contributed by atoms with E-state index < -0.39 is 0 Å². The zero-order valence-corrected chi connectivity index (χ0v) is 12.2. The second kappa shape index (κ2) is 7.48. The topological polar surface area (TPSA) is 72.0 Å². The van der Waals surface area contributed by atoms with Gasteiger partial charge in [-0.05, 0) is 5.25 Å². The van der Waals surface area contributed by atoms with Crippen molar-refractivity contribution < 1.29 is 9.53 Å². The van der Waals surface area contributed by atoms with E-state index in [-0.39, 0.29) is 17.3 Å². The van der Waals surface area contributed by atoms with E-state index in [4.69, 9.17) is 0 Å². The lowest BCUT2D eigenvalue weighted by Gasteiger charge is -2.05. The number of nitrogens with zero attached hydrogens (tertiary/aromatic N) is 1. The van der Waals surface area contributed by atoms with Crippen LogP contribution < -0.4 is 5.56 Å². The number of rotatable bonds is 6. The Morgan fingerprint density at radius 2 is 2.28 bits per heavy atom. The van der Waals surface area contributed by atoms with Gasteiger partial charge in [0, 0.05) is 11.8 Å². The van der Waals surface area contributed by atoms with Crippen LogP contribution in [0.4, 0.5) is 0 Å². The molecule has 100 valence electrons. The van der Waals surface area contributed by atoms with Gasteiger partial charge in [-0.15, -0.1) is 0 Å². The fourth-order valence-corrected chi connectivity index (χ4v) is 2.44. The van der Waals surface area contributed by atoms with Gasteiger partial charge in [-0.2, -0.15) is 11.8 Å². The smallest absolute Gasteiger partial charge is 0.316 e. The monoisotopic (exact) mass is 288 g/mol. The van der Waals surface area contributed by atoms with Gasteiger partial charge in [0.05, 0.1) is 18.6 Å². The van der Waals surface area contributed by atoms with Gasteiger partial charge in [0.15, 0.2) is 5.16 Å². The number of thioether (sulfide) groups is 2. The molecule has 1 rings (SSSR count). The van der Waals surface area contributed by atoms with E-state index in [1.807, 2.05) is 0 Å². The number of carbonyl (C=O) groups is 1. The molecule has 0 bridgehead atoms. The van der Waals surface area contributed by atoms with E-state index in [9.17, 15) is 9.59 Å². The molecule has 0 aliphatic rings. The maximum Gasteiger partial charge on any atom is 0.316 e. The summed E-state index contributed by atoms with van der Waals surface area (Å²) < 4.78 is 4.53. The van der Waals surface area contributed by atoms with Gasteiger partial charge in [0.1, 0.15) is 0 Å². The van der Waals surface area contributed by atoms with Gasteiger partial charge in [0.25, 0.3) is 5.56 Å². The Labute approximate surface area is 114 Å². The Kier molecular flexibility index (Phi) is 6.28. The fourth-order valence-electron chi connectivity index (χ4n) is 1.06. The summed E-state index contributed by atoms with van der Waals surface area (Å²) in [6, 6.07) is 1.48. The number of esters is 1. The number of aromatic nitrogens is 2. The number of H-pyrrole nitrogens is 1. The lowest BCUT2D eigenvalue weighted by atomic mass is 10.4. The first-order chi connectivity index (χ1) is 8.51. The van der Waals surface area contributed by atoms with Crippen LogP contribution in [0.25, 0.3) is 0 Å². The van der Waals surface area contributed by atoms with Crippen LogP contribution in [0.2, 0.25) is 0 Å². The minimum absolute atomic E-state index is 0.139. The van der Waals surface area contributed by atoms with Crippen LogP contribution in [-0.4, -0.2) is 34.0 Å². The summed E-state index contributed by atoms with van der Waals surface area (Å²) >= 11 is 2.88. The maximum atomic E-state index is 11.4. The van der Waals surface area contributed by atoms with Crippen molar-refractivity contribution in [1.82, 2.24) is 9.97 Å². The molecule has 1 aromatic rings. The van der Waals surface area contributed by atoms with E-state index in [1.165, 1.54) is 24.9 Å². The SMILES string of the molecule is COC(=O)CSc1nc(CSC(C)C)cc(=O)[nH]1. The average molecular weight is 288 g/mol. The van der Waals surface area contributed by atoms with Crippen molar-refractivity contribution in [2.45, 2.75) is 30.0 Å². The minimum atomic E-state index is -0.343. The fraction of sp³-hybridized carbons (Fsp3) is 0.545. The Bertz CT molecular complexity index is 460. The van der Waals surface area contributed by atoms with Crippen LogP contribution in [0.3, 0.4) is 0 Å². The molecule has 0 aliphatic carbocycles. The molecule has 18 heavy (non-hydrogen) atoms. The molecular weight excluding hydrogens is 272 g/mol. The third kappa shape index (κ3) is 5.59. The molecule has 0 radical (unpaired) electrons. The molecule has 0 aliphatic heterocycles. The first kappa shape index (κ1) is 15.1. The molecule has 0 atom stereocenters. The molecule has 5 nitrogen and oxygen atoms in total. The zero-order chi connectivity index (χ0) is 13.5. The largest absolute Gasteiger partial charge is 0.468 e. The molecule has 0 unspecified atom stereocenters. The van der Waals surface area contributed by atoms with Gasteiger partial charge in [-0.1, -0.05) is 25.6 Å². The quantitative estimate of drug-likeness (QED) is 0.488. The van der Waals surface area contributed by atoms with E-state index in [0.29, 0.717) is 16.2 Å². The van der Waals surface area contributed by atoms with Crippen molar-refractivity contribution in [2.75, 3.05) is 12.9 Å². The second-order valence-electron chi connectivity index (χ2n) is 3.77. The number of aromatic amines is 1. The van der Waals surface area contributed by atoms with Gasteiger partial charge < -0.3 is 9.72 Å². The van der Waals surface area contributed by atoms with Crippen LogP contribution in [0.15, 0.2) is 16.0 Å². The highest BCUT2D eigenvalue weighted by Crippen LogP contribution is 2.17. The Morgan fingerprint density at radius 3 is 2.89 bits per heavy atom. The van der Waals surface area contributed by atoms with E-state index in [1.54, 1.807) is 11.8 Å². The first-order valence-electron chi connectivity index (χ1n) is 5.42. The molecule has 7 heteroatoms. The predicted octanol–water partition coefficient (Wildman–Crippen LogP) is 1.68. The summed E-state index contributed by atoms with van der Waals surface area (Å²) in [6.45, 7) is 4.18. The highest BCUT2D eigenvalue weighted by atomic mass is 32.2. The van der Waals surface area contributed by atoms with E-state index in [0.717, 1.165) is 5.69 Å². The molecule has 1 aromatic heterocycles. The number of ether oxygens (including phenoxy) is 1. The van der Waals surface area contributed by atoms with Crippen molar-refractivity contribution in [3.8, 4) is 0 Å². The second-order valence-corrected chi connectivity index (χ2v) is 6.30. The maximum absolute atomic E-state index is 11.4. The van der Waals surface area contributed by atoms with Crippen LogP contribution >= 0.6 is 23.5 Å². The molecule has 0 amide bonds.